The summed E-state index contributed by atoms with van der Waals surface area (Å²) in [6.07, 6.45) is 0. The van der Waals surface area contributed by atoms with Crippen LogP contribution in [0.5, 0.6) is 11.5 Å². The van der Waals surface area contributed by atoms with Gasteiger partial charge in [0.05, 0.1) is 5.52 Å². The van der Waals surface area contributed by atoms with Crippen LogP contribution in [-0.2, 0) is 6.54 Å². The minimum absolute atomic E-state index is 0.609. The first kappa shape index (κ1) is 15.7. The van der Waals surface area contributed by atoms with Gasteiger partial charge in [0.1, 0.15) is 13.2 Å². The largest absolute Gasteiger partial charge is 0.486 e. The van der Waals surface area contributed by atoms with Gasteiger partial charge in [0.2, 0.25) is 0 Å². The van der Waals surface area contributed by atoms with Gasteiger partial charge in [0.25, 0.3) is 0 Å². The molecule has 2 aliphatic rings. The van der Waals surface area contributed by atoms with Crippen LogP contribution < -0.4 is 9.47 Å². The van der Waals surface area contributed by atoms with E-state index in [4.69, 9.17) is 14.5 Å². The van der Waals surface area contributed by atoms with Crippen molar-refractivity contribution in [2.24, 2.45) is 0 Å². The Kier molecular flexibility index (Phi) is 4.06. The molecule has 0 aliphatic carbocycles. The minimum atomic E-state index is 0.609. The standard InChI is InChI=1S/C19H25N3O2/c1-13-14(2)20-17-11-19-18(23-8-9-24-19)10-15(17)16(13)12-22-6-4-21(3)5-7-22/h10-11H,4-9,12H2,1-3H3. The normalized spacial score (nSPS) is 19.0. The molecule has 1 aromatic carbocycles. The van der Waals surface area contributed by atoms with E-state index in [0.29, 0.717) is 13.2 Å². The quantitative estimate of drug-likeness (QED) is 0.847. The lowest BCUT2D eigenvalue weighted by Gasteiger charge is -2.33. The predicted octanol–water partition coefficient (Wildman–Crippen LogP) is 2.37. The molecule has 0 radical (unpaired) electrons. The molecule has 4 rings (SSSR count). The molecule has 0 atom stereocenters. The molecule has 128 valence electrons. The van der Waals surface area contributed by atoms with E-state index in [2.05, 4.69) is 36.8 Å². The monoisotopic (exact) mass is 327 g/mol. The number of ether oxygens (including phenoxy) is 2. The van der Waals surface area contributed by atoms with Crippen LogP contribution in [0.3, 0.4) is 0 Å². The first-order valence-corrected chi connectivity index (χ1v) is 8.72. The number of pyridine rings is 1. The number of aromatic nitrogens is 1. The number of nitrogens with zero attached hydrogens (tertiary/aromatic N) is 3. The molecule has 0 bridgehead atoms. The molecular weight excluding hydrogens is 302 g/mol. The van der Waals surface area contributed by atoms with Crippen molar-refractivity contribution in [1.29, 1.82) is 0 Å². The summed E-state index contributed by atoms with van der Waals surface area (Å²) in [6, 6.07) is 4.15. The maximum Gasteiger partial charge on any atom is 0.163 e. The van der Waals surface area contributed by atoms with E-state index in [1.54, 1.807) is 0 Å². The van der Waals surface area contributed by atoms with Gasteiger partial charge in [0.15, 0.2) is 11.5 Å². The highest BCUT2D eigenvalue weighted by Crippen LogP contribution is 2.36. The number of likely N-dealkylation sites (N-methyl/N-ethyl adjacent to an activating group) is 1. The van der Waals surface area contributed by atoms with Gasteiger partial charge in [0, 0.05) is 49.9 Å². The summed E-state index contributed by atoms with van der Waals surface area (Å²) in [5, 5.41) is 1.20. The van der Waals surface area contributed by atoms with Gasteiger partial charge in [-0.2, -0.15) is 0 Å². The Morgan fingerprint density at radius 1 is 1.00 bits per heavy atom. The van der Waals surface area contributed by atoms with Crippen molar-refractivity contribution in [3.05, 3.63) is 29.0 Å². The molecule has 0 saturated carbocycles. The van der Waals surface area contributed by atoms with E-state index in [9.17, 15) is 0 Å². The fourth-order valence-corrected chi connectivity index (χ4v) is 3.53. The van der Waals surface area contributed by atoms with Gasteiger partial charge in [-0.05, 0) is 38.1 Å². The first-order chi connectivity index (χ1) is 11.6. The molecule has 5 nitrogen and oxygen atoms in total. The Balaban J connectivity index is 1.76. The number of aryl methyl sites for hydroxylation is 1. The molecule has 24 heavy (non-hydrogen) atoms. The van der Waals surface area contributed by atoms with Crippen molar-refractivity contribution in [3.8, 4) is 11.5 Å². The summed E-state index contributed by atoms with van der Waals surface area (Å²) >= 11 is 0. The third-order valence-electron chi connectivity index (χ3n) is 5.25. The molecule has 3 heterocycles. The van der Waals surface area contributed by atoms with Gasteiger partial charge in [-0.15, -0.1) is 0 Å². The average molecular weight is 327 g/mol. The summed E-state index contributed by atoms with van der Waals surface area (Å²) in [5.74, 6) is 1.66. The van der Waals surface area contributed by atoms with Gasteiger partial charge in [-0.1, -0.05) is 0 Å². The zero-order chi connectivity index (χ0) is 16.7. The molecule has 0 amide bonds. The third kappa shape index (κ3) is 2.82. The zero-order valence-corrected chi connectivity index (χ0v) is 14.8. The Morgan fingerprint density at radius 2 is 1.67 bits per heavy atom. The second kappa shape index (κ2) is 6.22. The van der Waals surface area contributed by atoms with E-state index in [1.165, 1.54) is 16.5 Å². The minimum Gasteiger partial charge on any atom is -0.486 e. The number of benzene rings is 1. The van der Waals surface area contributed by atoms with Crippen LogP contribution in [0, 0.1) is 13.8 Å². The van der Waals surface area contributed by atoms with Gasteiger partial charge >= 0.3 is 0 Å². The molecule has 0 unspecified atom stereocenters. The number of rotatable bonds is 2. The highest BCUT2D eigenvalue weighted by atomic mass is 16.6. The fourth-order valence-electron chi connectivity index (χ4n) is 3.53. The summed E-state index contributed by atoms with van der Waals surface area (Å²) in [4.78, 5) is 9.72. The molecule has 0 N–H and O–H groups in total. The lowest BCUT2D eigenvalue weighted by molar-refractivity contribution is 0.148. The van der Waals surface area contributed by atoms with Crippen molar-refractivity contribution in [2.75, 3.05) is 46.4 Å². The average Bonchev–Trinajstić information content (AvgIpc) is 2.59. The van der Waals surface area contributed by atoms with Gasteiger partial charge in [-0.25, -0.2) is 0 Å². The molecular formula is C19H25N3O2. The topological polar surface area (TPSA) is 37.8 Å². The maximum absolute atomic E-state index is 5.79. The summed E-state index contributed by atoms with van der Waals surface area (Å²) in [5.41, 5.74) is 4.77. The van der Waals surface area contributed by atoms with E-state index < -0.39 is 0 Å². The van der Waals surface area contributed by atoms with Crippen LogP contribution in [-0.4, -0.2) is 61.2 Å². The van der Waals surface area contributed by atoms with E-state index in [1.807, 2.05) is 6.07 Å². The SMILES string of the molecule is Cc1nc2cc3c(cc2c(CN2CCN(C)CC2)c1C)OCCO3. The molecule has 1 saturated heterocycles. The maximum atomic E-state index is 5.79. The number of fused-ring (bicyclic) bond motifs is 2. The van der Waals surface area contributed by atoms with Crippen molar-refractivity contribution in [3.63, 3.8) is 0 Å². The second-order valence-electron chi connectivity index (χ2n) is 6.89. The molecule has 1 fully saturated rings. The van der Waals surface area contributed by atoms with Crippen LogP contribution in [0.25, 0.3) is 10.9 Å². The molecule has 1 aromatic heterocycles. The Hall–Kier alpha value is -1.85. The first-order valence-electron chi connectivity index (χ1n) is 8.72. The number of piperazine rings is 1. The lowest BCUT2D eigenvalue weighted by atomic mass is 10.00. The molecule has 2 aliphatic heterocycles. The highest BCUT2D eigenvalue weighted by molar-refractivity contribution is 5.87. The van der Waals surface area contributed by atoms with Crippen molar-refractivity contribution >= 4 is 10.9 Å². The van der Waals surface area contributed by atoms with Gasteiger partial charge < -0.3 is 14.4 Å². The summed E-state index contributed by atoms with van der Waals surface area (Å²) < 4.78 is 11.5. The zero-order valence-electron chi connectivity index (χ0n) is 14.8. The van der Waals surface area contributed by atoms with Crippen LogP contribution in [0.2, 0.25) is 0 Å². The molecule has 0 spiro atoms. The smallest absolute Gasteiger partial charge is 0.163 e. The lowest BCUT2D eigenvalue weighted by Crippen LogP contribution is -2.44. The van der Waals surface area contributed by atoms with E-state index in [-0.39, 0.29) is 0 Å². The fraction of sp³-hybridized carbons (Fsp3) is 0.526. The van der Waals surface area contributed by atoms with Crippen LogP contribution >= 0.6 is 0 Å². The third-order valence-corrected chi connectivity index (χ3v) is 5.25. The number of hydrogen-bond donors (Lipinski definition) is 0. The Morgan fingerprint density at radius 3 is 2.38 bits per heavy atom. The Bertz CT molecular complexity index is 767. The van der Waals surface area contributed by atoms with E-state index >= 15 is 0 Å². The van der Waals surface area contributed by atoms with Crippen molar-refractivity contribution in [1.82, 2.24) is 14.8 Å². The van der Waals surface area contributed by atoms with Crippen LogP contribution in [0.1, 0.15) is 16.8 Å². The summed E-state index contributed by atoms with van der Waals surface area (Å²) in [6.45, 7) is 11.0. The van der Waals surface area contributed by atoms with Gasteiger partial charge in [-0.3, -0.25) is 9.88 Å². The summed E-state index contributed by atoms with van der Waals surface area (Å²) in [7, 11) is 2.19. The van der Waals surface area contributed by atoms with Crippen LogP contribution in [0.15, 0.2) is 12.1 Å². The molecule has 2 aromatic rings. The van der Waals surface area contributed by atoms with Crippen molar-refractivity contribution in [2.45, 2.75) is 20.4 Å². The predicted molar refractivity (Wildman–Crippen MR) is 95.0 cm³/mol. The van der Waals surface area contributed by atoms with E-state index in [0.717, 1.165) is 55.4 Å². The highest BCUT2D eigenvalue weighted by Gasteiger charge is 2.20. The van der Waals surface area contributed by atoms with Crippen molar-refractivity contribution < 1.29 is 9.47 Å². The number of hydrogen-bond acceptors (Lipinski definition) is 5. The Labute approximate surface area is 143 Å². The second-order valence-corrected chi connectivity index (χ2v) is 6.89. The van der Waals surface area contributed by atoms with Crippen LogP contribution in [0.4, 0.5) is 0 Å². The molecule has 5 heteroatoms.